The van der Waals surface area contributed by atoms with Gasteiger partial charge >= 0.3 is 0 Å². The van der Waals surface area contributed by atoms with E-state index in [-0.39, 0.29) is 0 Å². The van der Waals surface area contributed by atoms with E-state index in [0.29, 0.717) is 6.54 Å². The average molecular weight is 293 g/mol. The minimum atomic E-state index is 0.679. The second-order valence-electron chi connectivity index (χ2n) is 5.86. The number of nitrogens with one attached hydrogen (secondary N) is 1. The van der Waals surface area contributed by atoms with Gasteiger partial charge < -0.3 is 10.7 Å². The number of nitrogens with two attached hydrogens (primary N) is 1. The lowest BCUT2D eigenvalue weighted by Crippen LogP contribution is -2.28. The number of aromatic nitrogens is 1. The van der Waals surface area contributed by atoms with Gasteiger partial charge in [-0.1, -0.05) is 36.4 Å². The Morgan fingerprint density at radius 3 is 2.50 bits per heavy atom. The zero-order valence-electron chi connectivity index (χ0n) is 13.0. The molecule has 0 saturated heterocycles. The van der Waals surface area contributed by atoms with Crippen molar-refractivity contribution in [2.24, 2.45) is 5.73 Å². The summed E-state index contributed by atoms with van der Waals surface area (Å²) in [6.45, 7) is 5.53. The van der Waals surface area contributed by atoms with Gasteiger partial charge in [-0.15, -0.1) is 0 Å². The van der Waals surface area contributed by atoms with Crippen LogP contribution in [0, 0.1) is 6.92 Å². The molecule has 22 heavy (non-hydrogen) atoms. The van der Waals surface area contributed by atoms with Gasteiger partial charge in [0.2, 0.25) is 0 Å². The third-order valence-corrected chi connectivity index (χ3v) is 3.92. The second-order valence-corrected chi connectivity index (χ2v) is 5.86. The summed E-state index contributed by atoms with van der Waals surface area (Å²) in [5, 5.41) is 1.28. The summed E-state index contributed by atoms with van der Waals surface area (Å²) in [6.07, 6.45) is 0. The molecule has 3 N–H and O–H groups in total. The molecule has 0 unspecified atom stereocenters. The average Bonchev–Trinajstić information content (AvgIpc) is 2.88. The Labute approximate surface area is 131 Å². The van der Waals surface area contributed by atoms with Gasteiger partial charge in [0.25, 0.3) is 0 Å². The molecular formula is C19H23N3. The monoisotopic (exact) mass is 293 g/mol. The van der Waals surface area contributed by atoms with E-state index in [1.54, 1.807) is 0 Å². The van der Waals surface area contributed by atoms with Crippen LogP contribution in [-0.2, 0) is 13.1 Å². The molecule has 3 nitrogen and oxygen atoms in total. The summed E-state index contributed by atoms with van der Waals surface area (Å²) in [4.78, 5) is 5.77. The molecule has 1 heterocycles. The fourth-order valence-electron chi connectivity index (χ4n) is 2.92. The third kappa shape index (κ3) is 3.56. The van der Waals surface area contributed by atoms with Crippen LogP contribution >= 0.6 is 0 Å². The minimum Gasteiger partial charge on any atom is -0.359 e. The molecule has 0 aliphatic heterocycles. The van der Waals surface area contributed by atoms with Crippen molar-refractivity contribution in [2.75, 3.05) is 13.1 Å². The van der Waals surface area contributed by atoms with Gasteiger partial charge in [0.05, 0.1) is 0 Å². The number of rotatable bonds is 6. The summed E-state index contributed by atoms with van der Waals surface area (Å²) >= 11 is 0. The first-order valence-corrected chi connectivity index (χ1v) is 7.79. The van der Waals surface area contributed by atoms with E-state index in [1.807, 2.05) is 0 Å². The van der Waals surface area contributed by atoms with E-state index in [0.717, 1.165) is 19.6 Å². The molecule has 2 aromatic carbocycles. The van der Waals surface area contributed by atoms with Crippen LogP contribution < -0.4 is 5.73 Å². The van der Waals surface area contributed by atoms with Gasteiger partial charge in [-0.2, -0.15) is 0 Å². The lowest BCUT2D eigenvalue weighted by Gasteiger charge is -2.22. The van der Waals surface area contributed by atoms with Crippen LogP contribution in [0.5, 0.6) is 0 Å². The van der Waals surface area contributed by atoms with E-state index in [4.69, 9.17) is 5.73 Å². The highest BCUT2D eigenvalue weighted by molar-refractivity contribution is 5.81. The van der Waals surface area contributed by atoms with Crippen LogP contribution in [0.15, 0.2) is 54.6 Å². The third-order valence-electron chi connectivity index (χ3n) is 3.92. The predicted molar refractivity (Wildman–Crippen MR) is 92.6 cm³/mol. The number of hydrogen-bond donors (Lipinski definition) is 2. The molecule has 3 heteroatoms. The first-order valence-electron chi connectivity index (χ1n) is 7.79. The fraction of sp³-hybridized carbons (Fsp3) is 0.263. The molecule has 0 radical (unpaired) electrons. The molecule has 1 aromatic heterocycles. The SMILES string of the molecule is Cc1cc2cc(CN(CCN)Cc3ccccc3)ccc2[nH]1. The molecule has 114 valence electrons. The van der Waals surface area contributed by atoms with Gasteiger partial charge in [-0.05, 0) is 41.6 Å². The van der Waals surface area contributed by atoms with Gasteiger partial charge in [0.1, 0.15) is 0 Å². The molecular weight excluding hydrogens is 270 g/mol. The standard InChI is InChI=1S/C19H23N3/c1-15-11-18-12-17(7-8-19(18)21-15)14-22(10-9-20)13-16-5-3-2-4-6-16/h2-8,11-12,21H,9-10,13-14,20H2,1H3. The van der Waals surface area contributed by atoms with Crippen molar-refractivity contribution in [3.8, 4) is 0 Å². The number of fused-ring (bicyclic) bond motifs is 1. The Kier molecular flexibility index (Phi) is 4.56. The Balaban J connectivity index is 1.76. The molecule has 3 rings (SSSR count). The van der Waals surface area contributed by atoms with Crippen molar-refractivity contribution in [3.63, 3.8) is 0 Å². The van der Waals surface area contributed by atoms with E-state index in [9.17, 15) is 0 Å². The van der Waals surface area contributed by atoms with Crippen LogP contribution in [0.2, 0.25) is 0 Å². The topological polar surface area (TPSA) is 45.0 Å². The zero-order valence-corrected chi connectivity index (χ0v) is 13.0. The van der Waals surface area contributed by atoms with Gasteiger partial charge in [-0.3, -0.25) is 4.90 Å². The van der Waals surface area contributed by atoms with Crippen molar-refractivity contribution in [2.45, 2.75) is 20.0 Å². The van der Waals surface area contributed by atoms with Crippen LogP contribution in [0.25, 0.3) is 10.9 Å². The van der Waals surface area contributed by atoms with Crippen molar-refractivity contribution in [3.05, 3.63) is 71.4 Å². The second kappa shape index (κ2) is 6.77. The molecule has 0 amide bonds. The van der Waals surface area contributed by atoms with Crippen molar-refractivity contribution in [1.29, 1.82) is 0 Å². The molecule has 0 aliphatic rings. The van der Waals surface area contributed by atoms with Gasteiger partial charge in [0.15, 0.2) is 0 Å². The fourth-order valence-corrected chi connectivity index (χ4v) is 2.92. The summed E-state index contributed by atoms with van der Waals surface area (Å²) in [6, 6.07) is 19.4. The van der Waals surface area contributed by atoms with Gasteiger partial charge in [0, 0.05) is 37.4 Å². The number of nitrogens with zero attached hydrogens (tertiary/aromatic N) is 1. The highest BCUT2D eigenvalue weighted by Crippen LogP contribution is 2.18. The van der Waals surface area contributed by atoms with Crippen LogP contribution in [0.1, 0.15) is 16.8 Å². The molecule has 0 saturated carbocycles. The Hall–Kier alpha value is -2.10. The summed E-state index contributed by atoms with van der Waals surface area (Å²) < 4.78 is 0. The van der Waals surface area contributed by atoms with Crippen LogP contribution in [0.4, 0.5) is 0 Å². The van der Waals surface area contributed by atoms with Crippen LogP contribution in [0.3, 0.4) is 0 Å². The lowest BCUT2D eigenvalue weighted by atomic mass is 10.1. The smallest absolute Gasteiger partial charge is 0.0456 e. The maximum Gasteiger partial charge on any atom is 0.0456 e. The number of aromatic amines is 1. The van der Waals surface area contributed by atoms with Crippen molar-refractivity contribution >= 4 is 10.9 Å². The van der Waals surface area contributed by atoms with E-state index < -0.39 is 0 Å². The Morgan fingerprint density at radius 2 is 1.73 bits per heavy atom. The molecule has 3 aromatic rings. The quantitative estimate of drug-likeness (QED) is 0.731. The molecule has 0 bridgehead atoms. The van der Waals surface area contributed by atoms with E-state index >= 15 is 0 Å². The predicted octanol–water partition coefficient (Wildman–Crippen LogP) is 3.44. The molecule has 0 atom stereocenters. The highest BCUT2D eigenvalue weighted by atomic mass is 15.1. The van der Waals surface area contributed by atoms with Gasteiger partial charge in [-0.25, -0.2) is 0 Å². The number of hydrogen-bond acceptors (Lipinski definition) is 2. The first-order chi connectivity index (χ1) is 10.7. The van der Waals surface area contributed by atoms with E-state index in [2.05, 4.69) is 71.4 Å². The molecule has 0 aliphatic carbocycles. The summed E-state index contributed by atoms with van der Waals surface area (Å²) in [5.41, 5.74) is 10.8. The Morgan fingerprint density at radius 1 is 0.955 bits per heavy atom. The van der Waals surface area contributed by atoms with Crippen molar-refractivity contribution < 1.29 is 0 Å². The maximum atomic E-state index is 5.78. The Bertz CT molecular complexity index is 731. The first kappa shape index (κ1) is 14.8. The molecule has 0 spiro atoms. The lowest BCUT2D eigenvalue weighted by molar-refractivity contribution is 0.264. The van der Waals surface area contributed by atoms with Crippen molar-refractivity contribution in [1.82, 2.24) is 9.88 Å². The normalized spacial score (nSPS) is 11.4. The summed E-state index contributed by atoms with van der Waals surface area (Å²) in [7, 11) is 0. The highest BCUT2D eigenvalue weighted by Gasteiger charge is 2.07. The number of aryl methyl sites for hydroxylation is 1. The minimum absolute atomic E-state index is 0.679. The molecule has 0 fully saturated rings. The zero-order chi connectivity index (χ0) is 15.4. The van der Waals surface area contributed by atoms with E-state index in [1.165, 1.54) is 27.7 Å². The largest absolute Gasteiger partial charge is 0.359 e. The number of benzene rings is 2. The number of H-pyrrole nitrogens is 1. The summed E-state index contributed by atoms with van der Waals surface area (Å²) in [5.74, 6) is 0. The van der Waals surface area contributed by atoms with Crippen LogP contribution in [-0.4, -0.2) is 23.0 Å². The maximum absolute atomic E-state index is 5.78.